The molecule has 1 fully saturated rings. The summed E-state index contributed by atoms with van der Waals surface area (Å²) < 4.78 is 22.6. The van der Waals surface area contributed by atoms with Crippen molar-refractivity contribution in [2.45, 2.75) is 52.1 Å². The van der Waals surface area contributed by atoms with Crippen molar-refractivity contribution in [1.82, 2.24) is 19.5 Å². The second-order valence-electron chi connectivity index (χ2n) is 7.43. The van der Waals surface area contributed by atoms with Crippen molar-refractivity contribution in [1.29, 1.82) is 0 Å². The van der Waals surface area contributed by atoms with E-state index in [0.29, 0.717) is 23.4 Å². The van der Waals surface area contributed by atoms with Crippen molar-refractivity contribution in [2.24, 2.45) is 11.8 Å². The van der Waals surface area contributed by atoms with Crippen molar-refractivity contribution in [3.05, 3.63) is 6.33 Å². The van der Waals surface area contributed by atoms with E-state index in [-0.39, 0.29) is 24.4 Å². The van der Waals surface area contributed by atoms with Crippen LogP contribution in [0.5, 0.6) is 0 Å². The number of hydrogen-bond donors (Lipinski definition) is 3. The summed E-state index contributed by atoms with van der Waals surface area (Å²) in [6.45, 7) is 6.83. The fourth-order valence-electron chi connectivity index (χ4n) is 3.45. The fourth-order valence-corrected chi connectivity index (χ4v) is 3.45. The average Bonchev–Trinajstić information content (AvgIpc) is 3.21. The number of carbonyl (C=O) groups excluding carboxylic acids is 1. The average molecular weight is 394 g/mol. The number of anilines is 2. The van der Waals surface area contributed by atoms with Crippen LogP contribution < -0.4 is 10.6 Å². The molecule has 3 rings (SSSR count). The molecule has 2 aromatic heterocycles. The maximum Gasteiger partial charge on any atom is 0.233 e. The molecule has 1 aliphatic rings. The number of hydrogen-bond acceptors (Lipinski definition) is 7. The van der Waals surface area contributed by atoms with E-state index >= 15 is 4.39 Å². The summed E-state index contributed by atoms with van der Waals surface area (Å²) in [5.74, 6) is -0.468. The lowest BCUT2D eigenvalue weighted by Gasteiger charge is -2.29. The number of aliphatic hydroxyl groups excluding tert-OH is 1. The number of alkyl halides is 1. The Bertz CT molecular complexity index is 866. The fraction of sp³-hybridized carbons (Fsp3) is 0.667. The highest BCUT2D eigenvalue weighted by Gasteiger charge is 2.53. The van der Waals surface area contributed by atoms with Gasteiger partial charge in [0.25, 0.3) is 0 Å². The van der Waals surface area contributed by atoms with Crippen LogP contribution in [0.1, 0.15) is 40.3 Å². The molecule has 28 heavy (non-hydrogen) atoms. The zero-order valence-corrected chi connectivity index (χ0v) is 16.7. The first-order chi connectivity index (χ1) is 13.3. The Hall–Kier alpha value is -2.33. The number of imidazole rings is 1. The quantitative estimate of drug-likeness (QED) is 0.687. The summed E-state index contributed by atoms with van der Waals surface area (Å²) in [5, 5.41) is 15.4. The van der Waals surface area contributed by atoms with Crippen LogP contribution in [0.4, 0.5) is 16.2 Å². The van der Waals surface area contributed by atoms with Gasteiger partial charge in [0.05, 0.1) is 18.5 Å². The van der Waals surface area contributed by atoms with E-state index in [1.807, 2.05) is 6.92 Å². The molecule has 0 bridgehead atoms. The third-order valence-electron chi connectivity index (χ3n) is 5.49. The van der Waals surface area contributed by atoms with Crippen LogP contribution in [0.3, 0.4) is 0 Å². The molecular weight excluding hydrogens is 367 g/mol. The maximum atomic E-state index is 15.1. The van der Waals surface area contributed by atoms with E-state index in [0.717, 1.165) is 0 Å². The first-order valence-corrected chi connectivity index (χ1v) is 9.43. The van der Waals surface area contributed by atoms with Gasteiger partial charge >= 0.3 is 0 Å². The molecule has 3 heterocycles. The molecule has 10 heteroatoms. The Balaban J connectivity index is 2.06. The van der Waals surface area contributed by atoms with E-state index in [2.05, 4.69) is 25.6 Å². The molecule has 3 N–H and O–H groups in total. The van der Waals surface area contributed by atoms with E-state index < -0.39 is 23.9 Å². The summed E-state index contributed by atoms with van der Waals surface area (Å²) in [6.07, 6.45) is -0.423. The first-order valence-electron chi connectivity index (χ1n) is 9.43. The van der Waals surface area contributed by atoms with Gasteiger partial charge in [-0.1, -0.05) is 27.7 Å². The van der Waals surface area contributed by atoms with Crippen LogP contribution in [-0.2, 0) is 9.53 Å². The highest BCUT2D eigenvalue weighted by atomic mass is 19.1. The zero-order chi connectivity index (χ0) is 20.6. The molecule has 1 unspecified atom stereocenters. The van der Waals surface area contributed by atoms with Gasteiger partial charge in [-0.05, 0) is 6.42 Å². The predicted molar refractivity (Wildman–Crippen MR) is 103 cm³/mol. The van der Waals surface area contributed by atoms with E-state index in [9.17, 15) is 9.90 Å². The monoisotopic (exact) mass is 394 g/mol. The van der Waals surface area contributed by atoms with Gasteiger partial charge in [-0.2, -0.15) is 9.97 Å². The summed E-state index contributed by atoms with van der Waals surface area (Å²) in [5.41, 5.74) is -0.191. The minimum absolute atomic E-state index is 0.0997. The molecule has 2 aromatic rings. The lowest BCUT2D eigenvalue weighted by Crippen LogP contribution is -2.39. The molecule has 0 spiro atoms. The summed E-state index contributed by atoms with van der Waals surface area (Å²) in [7, 11) is 1.68. The van der Waals surface area contributed by atoms with Gasteiger partial charge in [-0.3, -0.25) is 14.7 Å². The molecule has 1 amide bonds. The SMILES string of the molecule is CCC1(CO)O[C@@H](n2cnc3c(NC)nc(NC(=O)C(C)C)nc32)[C@@H](F)[C@@H]1C. The normalized spacial score (nSPS) is 27.5. The highest BCUT2D eigenvalue weighted by molar-refractivity contribution is 5.92. The van der Waals surface area contributed by atoms with Crippen molar-refractivity contribution in [2.75, 3.05) is 24.3 Å². The number of carbonyl (C=O) groups is 1. The Morgan fingerprint density at radius 3 is 2.71 bits per heavy atom. The van der Waals surface area contributed by atoms with E-state index in [4.69, 9.17) is 4.74 Å². The van der Waals surface area contributed by atoms with Crippen LogP contribution in [0, 0.1) is 11.8 Å². The molecule has 1 aliphatic heterocycles. The second-order valence-corrected chi connectivity index (χ2v) is 7.43. The van der Waals surface area contributed by atoms with E-state index in [1.54, 1.807) is 27.8 Å². The van der Waals surface area contributed by atoms with Gasteiger partial charge in [-0.25, -0.2) is 9.37 Å². The third-order valence-corrected chi connectivity index (χ3v) is 5.49. The molecule has 9 nitrogen and oxygen atoms in total. The molecule has 0 saturated carbocycles. The number of rotatable bonds is 6. The van der Waals surface area contributed by atoms with Crippen LogP contribution in [0.15, 0.2) is 6.33 Å². The number of ether oxygens (including phenoxy) is 1. The van der Waals surface area contributed by atoms with Crippen molar-refractivity contribution in [3.63, 3.8) is 0 Å². The summed E-state index contributed by atoms with van der Waals surface area (Å²) in [6, 6.07) is 0. The minimum atomic E-state index is -1.36. The topological polar surface area (TPSA) is 114 Å². The van der Waals surface area contributed by atoms with Crippen molar-refractivity contribution < 1.29 is 19.0 Å². The van der Waals surface area contributed by atoms with Crippen LogP contribution >= 0.6 is 0 Å². The van der Waals surface area contributed by atoms with Gasteiger partial charge in [0.2, 0.25) is 11.9 Å². The molecule has 4 atom stereocenters. The van der Waals surface area contributed by atoms with Crippen LogP contribution in [-0.4, -0.2) is 56.0 Å². The molecule has 0 aromatic carbocycles. The lowest BCUT2D eigenvalue weighted by atomic mass is 9.86. The number of nitrogens with one attached hydrogen (secondary N) is 2. The van der Waals surface area contributed by atoms with Crippen LogP contribution in [0.2, 0.25) is 0 Å². The van der Waals surface area contributed by atoms with Crippen LogP contribution in [0.25, 0.3) is 11.2 Å². The Morgan fingerprint density at radius 1 is 1.46 bits per heavy atom. The molecule has 154 valence electrons. The molecule has 0 aliphatic carbocycles. The molecular formula is C18H27FN6O3. The Labute approximate surface area is 162 Å². The smallest absolute Gasteiger partial charge is 0.233 e. The number of nitrogens with zero attached hydrogens (tertiary/aromatic N) is 4. The third kappa shape index (κ3) is 3.20. The Morgan fingerprint density at radius 2 is 2.18 bits per heavy atom. The van der Waals surface area contributed by atoms with Gasteiger partial charge in [0.1, 0.15) is 0 Å². The first kappa shape index (κ1) is 20.4. The highest BCUT2D eigenvalue weighted by Crippen LogP contribution is 2.45. The number of fused-ring (bicyclic) bond motifs is 1. The van der Waals surface area contributed by atoms with Gasteiger partial charge in [-0.15, -0.1) is 0 Å². The maximum absolute atomic E-state index is 15.1. The standard InChI is InChI=1S/C18H27FN6O3/c1-6-18(7-26)10(4)11(19)16(28-18)25-8-21-12-13(20-5)22-17(23-14(12)25)24-15(27)9(2)3/h8-11,16,26H,6-7H2,1-5H3,(H2,20,22,23,24,27)/t10-,11-,16+,18?/m0/s1. The number of halogens is 1. The second kappa shape index (κ2) is 7.59. The predicted octanol–water partition coefficient (Wildman–Crippen LogP) is 2.11. The molecule has 0 radical (unpaired) electrons. The largest absolute Gasteiger partial charge is 0.393 e. The number of aromatic nitrogens is 4. The van der Waals surface area contributed by atoms with Gasteiger partial charge in [0, 0.05) is 18.9 Å². The van der Waals surface area contributed by atoms with Gasteiger partial charge < -0.3 is 15.2 Å². The van der Waals surface area contributed by atoms with Crippen molar-refractivity contribution >= 4 is 28.8 Å². The number of amides is 1. The van der Waals surface area contributed by atoms with Gasteiger partial charge in [0.15, 0.2) is 29.4 Å². The number of aliphatic hydroxyl groups is 1. The summed E-state index contributed by atoms with van der Waals surface area (Å²) >= 11 is 0. The lowest BCUT2D eigenvalue weighted by molar-refractivity contribution is -0.118. The van der Waals surface area contributed by atoms with Crippen molar-refractivity contribution in [3.8, 4) is 0 Å². The Kier molecular flexibility index (Phi) is 5.53. The summed E-state index contributed by atoms with van der Waals surface area (Å²) in [4.78, 5) is 25.0. The zero-order valence-electron chi connectivity index (χ0n) is 16.7. The molecule has 1 saturated heterocycles. The van der Waals surface area contributed by atoms with E-state index in [1.165, 1.54) is 10.9 Å². The minimum Gasteiger partial charge on any atom is -0.393 e.